The highest BCUT2D eigenvalue weighted by Crippen LogP contribution is 2.46. The first-order chi connectivity index (χ1) is 13.8. The molecule has 162 valence electrons. The van der Waals surface area contributed by atoms with E-state index in [-0.39, 0.29) is 11.5 Å². The maximum absolute atomic E-state index is 12.9. The van der Waals surface area contributed by atoms with Crippen molar-refractivity contribution >= 4 is 22.8 Å². The van der Waals surface area contributed by atoms with Crippen LogP contribution in [0.1, 0.15) is 71.1 Å². The van der Waals surface area contributed by atoms with Gasteiger partial charge in [0.1, 0.15) is 16.6 Å². The molecular formula is C23H31N3O3S. The lowest BCUT2D eigenvalue weighted by Crippen LogP contribution is -2.47. The van der Waals surface area contributed by atoms with Crippen molar-refractivity contribution < 1.29 is 13.7 Å². The van der Waals surface area contributed by atoms with E-state index in [9.17, 15) is 14.3 Å². The summed E-state index contributed by atoms with van der Waals surface area (Å²) in [5.41, 5.74) is 2.74. The SMILES string of the molecule is CC(C)(C)OC(=O)N1CCC2(CC1)Cc1cc(C#N)ccc1/C2=N\[S@](=O)C(C)(C)C. The molecule has 3 rings (SSSR count). The number of nitriles is 1. The topological polar surface area (TPSA) is 82.8 Å². The van der Waals surface area contributed by atoms with Gasteiger partial charge in [0, 0.05) is 24.1 Å². The van der Waals surface area contributed by atoms with Crippen LogP contribution in [0.3, 0.4) is 0 Å². The van der Waals surface area contributed by atoms with E-state index in [0.717, 1.165) is 36.1 Å². The first kappa shape index (κ1) is 22.5. The van der Waals surface area contributed by atoms with E-state index in [2.05, 4.69) is 6.07 Å². The predicted octanol–water partition coefficient (Wildman–Crippen LogP) is 4.38. The zero-order valence-electron chi connectivity index (χ0n) is 18.7. The number of nitrogens with zero attached hydrogens (tertiary/aromatic N) is 3. The quantitative estimate of drug-likeness (QED) is 0.663. The van der Waals surface area contributed by atoms with Crippen LogP contribution in [0.25, 0.3) is 0 Å². The van der Waals surface area contributed by atoms with Crippen LogP contribution in [0.5, 0.6) is 0 Å². The number of hydrogen-bond acceptors (Lipinski definition) is 4. The number of fused-ring (bicyclic) bond motifs is 1. The van der Waals surface area contributed by atoms with Crippen LogP contribution in [0.4, 0.5) is 4.79 Å². The third kappa shape index (κ3) is 4.59. The van der Waals surface area contributed by atoms with Crippen molar-refractivity contribution in [3.8, 4) is 6.07 Å². The highest BCUT2D eigenvalue weighted by Gasteiger charge is 2.47. The van der Waals surface area contributed by atoms with Crippen molar-refractivity contribution in [1.82, 2.24) is 4.90 Å². The van der Waals surface area contributed by atoms with Gasteiger partial charge in [-0.1, -0.05) is 6.07 Å². The Morgan fingerprint density at radius 3 is 2.37 bits per heavy atom. The van der Waals surface area contributed by atoms with E-state index < -0.39 is 21.3 Å². The van der Waals surface area contributed by atoms with E-state index in [1.165, 1.54) is 0 Å². The summed E-state index contributed by atoms with van der Waals surface area (Å²) in [6, 6.07) is 7.85. The van der Waals surface area contributed by atoms with Crippen molar-refractivity contribution in [2.75, 3.05) is 13.1 Å². The summed E-state index contributed by atoms with van der Waals surface area (Å²) in [7, 11) is -1.38. The molecule has 1 heterocycles. The molecule has 0 aromatic heterocycles. The highest BCUT2D eigenvalue weighted by molar-refractivity contribution is 7.85. The lowest BCUT2D eigenvalue weighted by molar-refractivity contribution is 0.0159. The summed E-state index contributed by atoms with van der Waals surface area (Å²) < 4.78 is 22.7. The normalized spacial score (nSPS) is 20.7. The van der Waals surface area contributed by atoms with Gasteiger partial charge >= 0.3 is 6.09 Å². The second kappa shape index (κ2) is 7.81. The van der Waals surface area contributed by atoms with Crippen LogP contribution >= 0.6 is 0 Å². The predicted molar refractivity (Wildman–Crippen MR) is 119 cm³/mol. The zero-order chi connectivity index (χ0) is 22.3. The Hall–Kier alpha value is -2.20. The monoisotopic (exact) mass is 429 g/mol. The van der Waals surface area contributed by atoms with E-state index in [1.54, 1.807) is 11.0 Å². The maximum Gasteiger partial charge on any atom is 0.410 e. The van der Waals surface area contributed by atoms with Crippen LogP contribution in [0.15, 0.2) is 22.6 Å². The number of piperidine rings is 1. The summed E-state index contributed by atoms with van der Waals surface area (Å²) in [6.07, 6.45) is 1.91. The number of benzene rings is 1. The lowest BCUT2D eigenvalue weighted by atomic mass is 9.74. The maximum atomic E-state index is 12.9. The third-order valence-electron chi connectivity index (χ3n) is 5.59. The van der Waals surface area contributed by atoms with E-state index >= 15 is 0 Å². The van der Waals surface area contributed by atoms with Gasteiger partial charge in [-0.3, -0.25) is 0 Å². The van der Waals surface area contributed by atoms with Crippen molar-refractivity contribution in [3.05, 3.63) is 34.9 Å². The molecule has 1 saturated heterocycles. The van der Waals surface area contributed by atoms with Gasteiger partial charge in [-0.15, -0.1) is 0 Å². The number of likely N-dealkylation sites (tertiary alicyclic amines) is 1. The largest absolute Gasteiger partial charge is 0.444 e. The Morgan fingerprint density at radius 1 is 1.20 bits per heavy atom. The molecule has 7 heteroatoms. The molecule has 1 aromatic carbocycles. The van der Waals surface area contributed by atoms with Crippen molar-refractivity contribution in [2.24, 2.45) is 9.81 Å². The Morgan fingerprint density at radius 2 is 1.83 bits per heavy atom. The van der Waals surface area contributed by atoms with E-state index in [4.69, 9.17) is 9.13 Å². The number of rotatable bonds is 1. The molecule has 6 nitrogen and oxygen atoms in total. The zero-order valence-corrected chi connectivity index (χ0v) is 19.6. The Labute approximate surface area is 181 Å². The molecule has 1 aliphatic carbocycles. The average molecular weight is 430 g/mol. The molecule has 1 atom stereocenters. The van der Waals surface area contributed by atoms with Crippen molar-refractivity contribution in [1.29, 1.82) is 5.26 Å². The Balaban J connectivity index is 1.92. The van der Waals surface area contributed by atoms with Crippen LogP contribution in [-0.4, -0.2) is 44.4 Å². The lowest BCUT2D eigenvalue weighted by Gasteiger charge is -2.40. The fraction of sp³-hybridized carbons (Fsp3) is 0.609. The van der Waals surface area contributed by atoms with E-state index in [0.29, 0.717) is 18.7 Å². The summed E-state index contributed by atoms with van der Waals surface area (Å²) in [5, 5.41) is 9.29. The highest BCUT2D eigenvalue weighted by atomic mass is 32.2. The molecule has 0 N–H and O–H groups in total. The number of amides is 1. The van der Waals surface area contributed by atoms with E-state index in [1.807, 2.05) is 53.7 Å². The number of hydrogen-bond donors (Lipinski definition) is 0. The minimum Gasteiger partial charge on any atom is -0.444 e. The van der Waals surface area contributed by atoms with Crippen molar-refractivity contribution in [2.45, 2.75) is 71.2 Å². The van der Waals surface area contributed by atoms with Gasteiger partial charge in [-0.05, 0) is 78.5 Å². The minimum absolute atomic E-state index is 0.268. The third-order valence-corrected chi connectivity index (χ3v) is 6.99. The van der Waals surface area contributed by atoms with Gasteiger partial charge < -0.3 is 9.64 Å². The van der Waals surface area contributed by atoms with Crippen LogP contribution in [0.2, 0.25) is 0 Å². The fourth-order valence-electron chi connectivity index (χ4n) is 4.00. The molecule has 1 aliphatic heterocycles. The van der Waals surface area contributed by atoms with Gasteiger partial charge in [0.25, 0.3) is 0 Å². The number of carbonyl (C=O) groups excluding carboxylic acids is 1. The molecule has 1 fully saturated rings. The summed E-state index contributed by atoms with van der Waals surface area (Å²) in [6.45, 7) is 12.5. The molecule has 1 aromatic rings. The molecule has 0 saturated carbocycles. The Kier molecular flexibility index (Phi) is 5.85. The number of ether oxygens (including phenoxy) is 1. The van der Waals surface area contributed by atoms with Crippen LogP contribution < -0.4 is 0 Å². The molecule has 0 radical (unpaired) electrons. The average Bonchev–Trinajstić information content (AvgIpc) is 2.92. The first-order valence-corrected chi connectivity index (χ1v) is 11.5. The first-order valence-electron chi connectivity index (χ1n) is 10.4. The molecule has 1 spiro atoms. The smallest absolute Gasteiger partial charge is 0.410 e. The summed E-state index contributed by atoms with van der Waals surface area (Å²) in [4.78, 5) is 14.2. The number of carbonyl (C=O) groups is 1. The summed E-state index contributed by atoms with van der Waals surface area (Å²) >= 11 is 0. The fourth-order valence-corrected chi connectivity index (χ4v) is 4.73. The van der Waals surface area contributed by atoms with Crippen LogP contribution in [0, 0.1) is 16.7 Å². The molecular weight excluding hydrogens is 398 g/mol. The molecule has 0 bridgehead atoms. The Bertz CT molecular complexity index is 940. The minimum atomic E-state index is -1.38. The van der Waals surface area contributed by atoms with Crippen molar-refractivity contribution in [3.63, 3.8) is 0 Å². The second-order valence-corrected chi connectivity index (χ2v) is 12.1. The molecule has 30 heavy (non-hydrogen) atoms. The van der Waals surface area contributed by atoms with Gasteiger partial charge in [0.15, 0.2) is 0 Å². The van der Waals surface area contributed by atoms with Gasteiger partial charge in [0.05, 0.1) is 22.1 Å². The standard InChI is InChI=1S/C23H31N3O3S/c1-21(2,3)29-20(27)26-11-9-23(10-12-26)14-17-13-16(15-24)7-8-18(17)19(23)25-30(28)22(4,5)6/h7-8,13H,9-12,14H2,1-6H3/b25-19+/t30-/m1/s1. The van der Waals surface area contributed by atoms with Gasteiger partial charge in [-0.2, -0.15) is 9.66 Å². The second-order valence-electron chi connectivity index (χ2n) is 10.2. The summed E-state index contributed by atoms with van der Waals surface area (Å²) in [5.74, 6) is 0. The molecule has 0 unspecified atom stereocenters. The van der Waals surface area contributed by atoms with Crippen LogP contribution in [-0.2, 0) is 22.1 Å². The van der Waals surface area contributed by atoms with Gasteiger partial charge in [0.2, 0.25) is 0 Å². The van der Waals surface area contributed by atoms with Gasteiger partial charge in [-0.25, -0.2) is 9.00 Å². The molecule has 1 amide bonds. The molecule has 2 aliphatic rings.